The van der Waals surface area contributed by atoms with Crippen molar-refractivity contribution in [1.82, 2.24) is 5.32 Å². The van der Waals surface area contributed by atoms with E-state index in [2.05, 4.69) is 5.32 Å². The molecule has 1 amide bonds. The van der Waals surface area contributed by atoms with Gasteiger partial charge in [-0.05, 0) is 19.1 Å². The highest BCUT2D eigenvalue weighted by Gasteiger charge is 2.20. The number of carboxylic acid groups (broad SMARTS) is 1. The first-order valence-corrected chi connectivity index (χ1v) is 4.90. The third-order valence-electron chi connectivity index (χ3n) is 2.34. The van der Waals surface area contributed by atoms with Gasteiger partial charge in [-0.1, -0.05) is 6.07 Å². The molecule has 1 atom stereocenters. The molecule has 0 bridgehead atoms. The molecule has 0 aliphatic rings. The molecule has 1 aromatic carbocycles. The number of aliphatic hydroxyl groups excluding tert-OH is 1. The van der Waals surface area contributed by atoms with Crippen LogP contribution in [0.2, 0.25) is 0 Å². The molecule has 0 heterocycles. The van der Waals surface area contributed by atoms with Crippen molar-refractivity contribution in [2.45, 2.75) is 13.0 Å². The Morgan fingerprint density at radius 1 is 1.41 bits per heavy atom. The monoisotopic (exact) mass is 239 g/mol. The largest absolute Gasteiger partial charge is 0.508 e. The summed E-state index contributed by atoms with van der Waals surface area (Å²) in [6.45, 7) is 0.845. The molecule has 0 aliphatic carbocycles. The van der Waals surface area contributed by atoms with Crippen LogP contribution in [-0.2, 0) is 4.79 Å². The Morgan fingerprint density at radius 2 is 2.06 bits per heavy atom. The summed E-state index contributed by atoms with van der Waals surface area (Å²) in [6, 6.07) is 3.00. The SMILES string of the molecule is Cc1c(O)cccc1C(=O)NC(CO)C(=O)O. The second-order valence-corrected chi connectivity index (χ2v) is 3.50. The lowest BCUT2D eigenvalue weighted by Gasteiger charge is -2.13. The molecule has 92 valence electrons. The highest BCUT2D eigenvalue weighted by Crippen LogP contribution is 2.19. The van der Waals surface area contributed by atoms with E-state index in [1.807, 2.05) is 0 Å². The number of rotatable bonds is 4. The highest BCUT2D eigenvalue weighted by atomic mass is 16.4. The molecule has 0 fully saturated rings. The average Bonchev–Trinajstić information content (AvgIpc) is 2.28. The summed E-state index contributed by atoms with van der Waals surface area (Å²) in [5.74, 6) is -2.02. The first-order chi connectivity index (χ1) is 7.97. The fourth-order valence-electron chi connectivity index (χ4n) is 1.29. The van der Waals surface area contributed by atoms with Gasteiger partial charge >= 0.3 is 5.97 Å². The number of hydrogen-bond acceptors (Lipinski definition) is 4. The number of aliphatic hydroxyl groups is 1. The summed E-state index contributed by atoms with van der Waals surface area (Å²) in [6.07, 6.45) is 0. The van der Waals surface area contributed by atoms with E-state index in [0.717, 1.165) is 0 Å². The fraction of sp³-hybridized carbons (Fsp3) is 0.273. The molecule has 6 nitrogen and oxygen atoms in total. The molecule has 17 heavy (non-hydrogen) atoms. The highest BCUT2D eigenvalue weighted by molar-refractivity contribution is 5.98. The second-order valence-electron chi connectivity index (χ2n) is 3.50. The minimum absolute atomic E-state index is 0.0477. The summed E-state index contributed by atoms with van der Waals surface area (Å²) < 4.78 is 0. The van der Waals surface area contributed by atoms with Crippen molar-refractivity contribution in [1.29, 1.82) is 0 Å². The van der Waals surface area contributed by atoms with E-state index in [1.54, 1.807) is 6.92 Å². The number of aromatic hydroxyl groups is 1. The Balaban J connectivity index is 2.90. The van der Waals surface area contributed by atoms with E-state index in [0.29, 0.717) is 5.56 Å². The van der Waals surface area contributed by atoms with Gasteiger partial charge in [-0.3, -0.25) is 4.79 Å². The maximum Gasteiger partial charge on any atom is 0.328 e. The number of carboxylic acids is 1. The Kier molecular flexibility index (Phi) is 4.06. The number of nitrogens with one attached hydrogen (secondary N) is 1. The van der Waals surface area contributed by atoms with E-state index in [4.69, 9.17) is 10.2 Å². The van der Waals surface area contributed by atoms with Gasteiger partial charge in [0.15, 0.2) is 6.04 Å². The van der Waals surface area contributed by atoms with Gasteiger partial charge in [0, 0.05) is 11.1 Å². The van der Waals surface area contributed by atoms with Gasteiger partial charge in [-0.2, -0.15) is 0 Å². The van der Waals surface area contributed by atoms with E-state index >= 15 is 0 Å². The minimum Gasteiger partial charge on any atom is -0.508 e. The van der Waals surface area contributed by atoms with Crippen molar-refractivity contribution in [2.24, 2.45) is 0 Å². The van der Waals surface area contributed by atoms with Gasteiger partial charge in [0.05, 0.1) is 6.61 Å². The summed E-state index contributed by atoms with van der Waals surface area (Å²) in [4.78, 5) is 22.3. The number of carbonyl (C=O) groups is 2. The maximum absolute atomic E-state index is 11.7. The molecular formula is C11H13NO5. The Morgan fingerprint density at radius 3 is 2.59 bits per heavy atom. The molecule has 1 rings (SSSR count). The number of phenols is 1. The number of carbonyl (C=O) groups excluding carboxylic acids is 1. The third kappa shape index (κ3) is 2.94. The molecular weight excluding hydrogens is 226 g/mol. The zero-order chi connectivity index (χ0) is 13.0. The lowest BCUT2D eigenvalue weighted by molar-refractivity contribution is -0.140. The van der Waals surface area contributed by atoms with Crippen LogP contribution in [0.5, 0.6) is 5.75 Å². The lowest BCUT2D eigenvalue weighted by Crippen LogP contribution is -2.43. The van der Waals surface area contributed by atoms with Crippen molar-refractivity contribution in [3.8, 4) is 5.75 Å². The van der Waals surface area contributed by atoms with Gasteiger partial charge < -0.3 is 20.6 Å². The van der Waals surface area contributed by atoms with E-state index in [9.17, 15) is 14.7 Å². The Bertz CT molecular complexity index is 443. The van der Waals surface area contributed by atoms with Gasteiger partial charge in [0.25, 0.3) is 5.91 Å². The minimum atomic E-state index is -1.36. The zero-order valence-corrected chi connectivity index (χ0v) is 9.17. The quantitative estimate of drug-likeness (QED) is 0.585. The van der Waals surface area contributed by atoms with Gasteiger partial charge in [0.1, 0.15) is 5.75 Å². The van der Waals surface area contributed by atoms with Gasteiger partial charge in [-0.15, -0.1) is 0 Å². The molecule has 0 saturated heterocycles. The van der Waals surface area contributed by atoms with Crippen molar-refractivity contribution in [3.05, 3.63) is 29.3 Å². The van der Waals surface area contributed by atoms with E-state index < -0.39 is 24.5 Å². The van der Waals surface area contributed by atoms with Crippen LogP contribution in [0.4, 0.5) is 0 Å². The van der Waals surface area contributed by atoms with Gasteiger partial charge in [-0.25, -0.2) is 4.79 Å². The molecule has 0 saturated carbocycles. The van der Waals surface area contributed by atoms with Crippen molar-refractivity contribution >= 4 is 11.9 Å². The zero-order valence-electron chi connectivity index (χ0n) is 9.17. The van der Waals surface area contributed by atoms with Crippen LogP contribution >= 0.6 is 0 Å². The first kappa shape index (κ1) is 13.0. The second kappa shape index (κ2) is 5.31. The standard InChI is InChI=1S/C11H13NO5/c1-6-7(3-2-4-9(6)14)10(15)12-8(5-13)11(16)17/h2-4,8,13-14H,5H2,1H3,(H,12,15)(H,16,17). The molecule has 1 unspecified atom stereocenters. The summed E-state index contributed by atoms with van der Waals surface area (Å²) in [5, 5.41) is 29.0. The number of phenolic OH excluding ortho intramolecular Hbond substituents is 1. The normalized spacial score (nSPS) is 11.9. The van der Waals surface area contributed by atoms with Crippen LogP contribution in [0.1, 0.15) is 15.9 Å². The van der Waals surface area contributed by atoms with E-state index in [1.165, 1.54) is 18.2 Å². The van der Waals surface area contributed by atoms with Gasteiger partial charge in [0.2, 0.25) is 0 Å². The lowest BCUT2D eigenvalue weighted by atomic mass is 10.1. The summed E-state index contributed by atoms with van der Waals surface area (Å²) >= 11 is 0. The van der Waals surface area contributed by atoms with Crippen LogP contribution in [0.25, 0.3) is 0 Å². The molecule has 4 N–H and O–H groups in total. The average molecular weight is 239 g/mol. The van der Waals surface area contributed by atoms with Crippen molar-refractivity contribution in [3.63, 3.8) is 0 Å². The van der Waals surface area contributed by atoms with Crippen molar-refractivity contribution in [2.75, 3.05) is 6.61 Å². The van der Waals surface area contributed by atoms with Crippen LogP contribution in [0.3, 0.4) is 0 Å². The number of aliphatic carboxylic acids is 1. The van der Waals surface area contributed by atoms with Crippen LogP contribution in [0, 0.1) is 6.92 Å². The first-order valence-electron chi connectivity index (χ1n) is 4.90. The topological polar surface area (TPSA) is 107 Å². The van der Waals surface area contributed by atoms with Crippen molar-refractivity contribution < 1.29 is 24.9 Å². The number of hydrogen-bond donors (Lipinski definition) is 4. The predicted octanol–water partition coefficient (Wildman–Crippen LogP) is -0.124. The number of amides is 1. The predicted molar refractivity (Wildman–Crippen MR) is 58.8 cm³/mol. The maximum atomic E-state index is 11.7. The summed E-state index contributed by atoms with van der Waals surface area (Å²) in [5.41, 5.74) is 0.525. The third-order valence-corrected chi connectivity index (χ3v) is 2.34. The molecule has 0 aliphatic heterocycles. The Hall–Kier alpha value is -2.08. The van der Waals surface area contributed by atoms with Crippen LogP contribution < -0.4 is 5.32 Å². The molecule has 1 aromatic rings. The molecule has 0 spiro atoms. The Labute approximate surface area is 97.5 Å². The smallest absolute Gasteiger partial charge is 0.328 e. The number of benzene rings is 1. The van der Waals surface area contributed by atoms with Crippen LogP contribution in [0.15, 0.2) is 18.2 Å². The summed E-state index contributed by atoms with van der Waals surface area (Å²) in [7, 11) is 0. The molecule has 6 heteroatoms. The molecule has 0 aromatic heterocycles. The van der Waals surface area contributed by atoms with Crippen LogP contribution in [-0.4, -0.2) is 39.8 Å². The van der Waals surface area contributed by atoms with E-state index in [-0.39, 0.29) is 11.3 Å². The molecule has 0 radical (unpaired) electrons. The fourth-order valence-corrected chi connectivity index (χ4v) is 1.29.